The number of benzene rings is 2. The summed E-state index contributed by atoms with van der Waals surface area (Å²) in [6, 6.07) is 12.0. The van der Waals surface area contributed by atoms with Crippen molar-refractivity contribution in [1.82, 2.24) is 4.90 Å². The molecule has 2 amide bonds. The molecule has 8 nitrogen and oxygen atoms in total. The largest absolute Gasteiger partial charge is 0.466 e. The second kappa shape index (κ2) is 9.40. The Morgan fingerprint density at radius 3 is 2.54 bits per heavy atom. The molecular weight excluding hydrogens is 472 g/mol. The predicted molar refractivity (Wildman–Crippen MR) is 139 cm³/mol. The zero-order valence-corrected chi connectivity index (χ0v) is 21.9. The number of nitrogens with one attached hydrogen (secondary N) is 1. The van der Waals surface area contributed by atoms with E-state index in [1.807, 2.05) is 63.2 Å². The van der Waals surface area contributed by atoms with Crippen molar-refractivity contribution in [2.24, 2.45) is 17.8 Å². The van der Waals surface area contributed by atoms with E-state index in [0.717, 1.165) is 10.8 Å². The van der Waals surface area contributed by atoms with E-state index >= 15 is 0 Å². The molecule has 3 aliphatic heterocycles. The van der Waals surface area contributed by atoms with Crippen LogP contribution in [0.3, 0.4) is 0 Å². The second-order valence-corrected chi connectivity index (χ2v) is 10.9. The smallest absolute Gasteiger partial charge is 0.312 e. The summed E-state index contributed by atoms with van der Waals surface area (Å²) in [6.45, 7) is 7.41. The van der Waals surface area contributed by atoms with E-state index in [4.69, 9.17) is 9.47 Å². The molecule has 198 valence electrons. The first kappa shape index (κ1) is 25.7. The molecule has 1 spiro atoms. The summed E-state index contributed by atoms with van der Waals surface area (Å²) < 4.78 is 12.1. The molecule has 3 saturated heterocycles. The van der Waals surface area contributed by atoms with Gasteiger partial charge in [0.25, 0.3) is 0 Å². The monoisotopic (exact) mass is 508 g/mol. The average molecular weight is 509 g/mol. The van der Waals surface area contributed by atoms with Gasteiger partial charge in [-0.25, -0.2) is 0 Å². The third-order valence-electron chi connectivity index (χ3n) is 8.74. The molecule has 0 aliphatic carbocycles. The number of fused-ring (bicyclic) bond motifs is 2. The quantitative estimate of drug-likeness (QED) is 0.529. The molecule has 6 atom stereocenters. The van der Waals surface area contributed by atoms with Crippen LogP contribution in [0.25, 0.3) is 10.8 Å². The minimum absolute atomic E-state index is 0.112. The maximum atomic E-state index is 14.1. The van der Waals surface area contributed by atoms with Crippen molar-refractivity contribution < 1.29 is 29.0 Å². The minimum Gasteiger partial charge on any atom is -0.466 e. The van der Waals surface area contributed by atoms with E-state index in [1.54, 1.807) is 6.92 Å². The number of aliphatic hydroxyl groups is 1. The minimum atomic E-state index is -1.16. The molecule has 0 aromatic heterocycles. The van der Waals surface area contributed by atoms with Crippen molar-refractivity contribution in [3.05, 3.63) is 42.5 Å². The van der Waals surface area contributed by atoms with Gasteiger partial charge in [0, 0.05) is 5.69 Å². The topological polar surface area (TPSA) is 105 Å². The van der Waals surface area contributed by atoms with Gasteiger partial charge in [-0.15, -0.1) is 0 Å². The third-order valence-corrected chi connectivity index (χ3v) is 8.74. The fourth-order valence-electron chi connectivity index (χ4n) is 7.00. The molecule has 5 rings (SSSR count). The number of likely N-dealkylation sites (tertiary alicyclic amines) is 1. The van der Waals surface area contributed by atoms with E-state index in [-0.39, 0.29) is 30.9 Å². The van der Waals surface area contributed by atoms with Crippen molar-refractivity contribution >= 4 is 34.2 Å². The fourth-order valence-corrected chi connectivity index (χ4v) is 7.00. The Balaban J connectivity index is 1.58. The molecule has 0 radical (unpaired) electrons. The summed E-state index contributed by atoms with van der Waals surface area (Å²) in [4.78, 5) is 43.0. The normalized spacial score (nSPS) is 31.1. The maximum absolute atomic E-state index is 14.1. The Morgan fingerprint density at radius 2 is 1.89 bits per heavy atom. The van der Waals surface area contributed by atoms with Crippen LogP contribution in [0.2, 0.25) is 0 Å². The van der Waals surface area contributed by atoms with Crippen LogP contribution in [0.15, 0.2) is 42.5 Å². The van der Waals surface area contributed by atoms with Crippen molar-refractivity contribution in [3.8, 4) is 0 Å². The van der Waals surface area contributed by atoms with Gasteiger partial charge in [-0.3, -0.25) is 14.4 Å². The standard InChI is InChI=1S/C29H36N2O6/c1-5-28-13-14-29(37-28)22(23(28)27(35)36-6-2)26(34)31(21(16-32)17(3)4)24(29)25(33)30-20-12-11-18-9-7-8-10-19(18)15-20/h7-12,15,17,21-24,32H,5-6,13-14,16H2,1-4H3,(H,30,33)/t21-,22-,23+,24?,28-,29?/m0/s1. The highest BCUT2D eigenvalue weighted by Crippen LogP contribution is 2.64. The van der Waals surface area contributed by atoms with Crippen LogP contribution in [-0.2, 0) is 23.9 Å². The van der Waals surface area contributed by atoms with Crippen LogP contribution in [0, 0.1) is 17.8 Å². The number of carbonyl (C=O) groups excluding carboxylic acids is 3. The molecule has 2 aromatic rings. The molecule has 2 unspecified atom stereocenters. The van der Waals surface area contributed by atoms with Gasteiger partial charge in [-0.05, 0) is 55.0 Å². The lowest BCUT2D eigenvalue weighted by atomic mass is 9.65. The second-order valence-electron chi connectivity index (χ2n) is 10.9. The van der Waals surface area contributed by atoms with Gasteiger partial charge in [0.05, 0.1) is 30.8 Å². The van der Waals surface area contributed by atoms with E-state index in [1.165, 1.54) is 4.90 Å². The summed E-state index contributed by atoms with van der Waals surface area (Å²) >= 11 is 0. The van der Waals surface area contributed by atoms with Gasteiger partial charge in [0.1, 0.15) is 17.6 Å². The fraction of sp³-hybridized carbons (Fsp3) is 0.552. The number of nitrogens with zero attached hydrogens (tertiary/aromatic N) is 1. The van der Waals surface area contributed by atoms with Crippen molar-refractivity contribution in [2.75, 3.05) is 18.5 Å². The highest BCUT2D eigenvalue weighted by Gasteiger charge is 2.79. The van der Waals surface area contributed by atoms with Gasteiger partial charge in [-0.2, -0.15) is 0 Å². The van der Waals surface area contributed by atoms with E-state index < -0.39 is 41.1 Å². The van der Waals surface area contributed by atoms with Crippen molar-refractivity contribution in [1.29, 1.82) is 0 Å². The molecule has 2 bridgehead atoms. The number of amides is 2. The number of hydrogen-bond donors (Lipinski definition) is 2. The lowest BCUT2D eigenvalue weighted by Crippen LogP contribution is -2.57. The Bertz CT molecular complexity index is 1230. The lowest BCUT2D eigenvalue weighted by Gasteiger charge is -2.38. The Labute approximate surface area is 217 Å². The van der Waals surface area contributed by atoms with Crippen molar-refractivity contribution in [2.45, 2.75) is 70.2 Å². The van der Waals surface area contributed by atoms with E-state index in [9.17, 15) is 19.5 Å². The van der Waals surface area contributed by atoms with Gasteiger partial charge < -0.3 is 24.8 Å². The first-order valence-corrected chi connectivity index (χ1v) is 13.3. The summed E-state index contributed by atoms with van der Waals surface area (Å²) in [5.41, 5.74) is -1.39. The molecule has 0 saturated carbocycles. The molecule has 3 aliphatic rings. The third kappa shape index (κ3) is 3.76. The average Bonchev–Trinajstić information content (AvgIpc) is 3.48. The van der Waals surface area contributed by atoms with Gasteiger partial charge in [-0.1, -0.05) is 51.1 Å². The molecule has 2 aromatic carbocycles. The Morgan fingerprint density at radius 1 is 1.16 bits per heavy atom. The molecule has 3 heterocycles. The molecule has 2 N–H and O–H groups in total. The van der Waals surface area contributed by atoms with E-state index in [0.29, 0.717) is 24.9 Å². The highest BCUT2D eigenvalue weighted by atomic mass is 16.6. The first-order valence-electron chi connectivity index (χ1n) is 13.3. The van der Waals surface area contributed by atoms with Crippen LogP contribution in [0.5, 0.6) is 0 Å². The summed E-state index contributed by atoms with van der Waals surface area (Å²) in [5.74, 6) is -2.88. The molecule has 8 heteroatoms. The molecule has 3 fully saturated rings. The number of hydrogen-bond acceptors (Lipinski definition) is 6. The zero-order valence-electron chi connectivity index (χ0n) is 21.9. The van der Waals surface area contributed by atoms with E-state index in [2.05, 4.69) is 5.32 Å². The SMILES string of the molecule is CCOC(=O)[C@H]1[C@H]2C(=O)N([C@@H](CO)C(C)C)C(C(=O)Nc3ccc4ccccc4c3)C23CC[C@]1(CC)O3. The number of carbonyl (C=O) groups is 3. The van der Waals surface area contributed by atoms with Gasteiger partial charge >= 0.3 is 5.97 Å². The van der Waals surface area contributed by atoms with Gasteiger partial charge in [0.15, 0.2) is 0 Å². The van der Waals surface area contributed by atoms with Crippen molar-refractivity contribution in [3.63, 3.8) is 0 Å². The van der Waals surface area contributed by atoms with Gasteiger partial charge in [0.2, 0.25) is 11.8 Å². The Hall–Kier alpha value is -2.97. The summed E-state index contributed by atoms with van der Waals surface area (Å²) in [5, 5.41) is 15.4. The molecular formula is C29H36N2O6. The predicted octanol–water partition coefficient (Wildman–Crippen LogP) is 3.51. The lowest BCUT2D eigenvalue weighted by molar-refractivity contribution is -0.161. The maximum Gasteiger partial charge on any atom is 0.312 e. The number of rotatable bonds is 8. The number of aliphatic hydroxyl groups excluding tert-OH is 1. The van der Waals surface area contributed by atoms with Crippen LogP contribution in [-0.4, -0.2) is 64.3 Å². The van der Waals surface area contributed by atoms with Crippen LogP contribution < -0.4 is 5.32 Å². The first-order chi connectivity index (χ1) is 17.7. The summed E-state index contributed by atoms with van der Waals surface area (Å²) in [7, 11) is 0. The zero-order chi connectivity index (χ0) is 26.5. The van der Waals surface area contributed by atoms with Crippen LogP contribution >= 0.6 is 0 Å². The Kier molecular flexibility index (Phi) is 6.52. The van der Waals surface area contributed by atoms with Crippen LogP contribution in [0.4, 0.5) is 5.69 Å². The number of anilines is 1. The number of ether oxygens (including phenoxy) is 2. The molecule has 37 heavy (non-hydrogen) atoms. The summed E-state index contributed by atoms with van der Waals surface area (Å²) in [6.07, 6.45) is 1.58. The van der Waals surface area contributed by atoms with Crippen LogP contribution in [0.1, 0.15) is 47.0 Å². The highest BCUT2D eigenvalue weighted by molar-refractivity contribution is 6.04. The number of esters is 1.